The van der Waals surface area contributed by atoms with Gasteiger partial charge in [-0.2, -0.15) is 0 Å². The highest BCUT2D eigenvalue weighted by molar-refractivity contribution is 5.95. The standard InChI is InChI=1S/C19H20FN3O.2ClH/c20-16-3-1-2-14(11-16)18-12-21-8-9-23(18)19(24)15-4-5-17-13(10-15)6-7-22-17;;/h1-5,10-11,18,21-22H,6-9,12H2;2*1H. The number of hydrogen-bond acceptors (Lipinski definition) is 3. The molecule has 2 heterocycles. The zero-order valence-electron chi connectivity index (χ0n) is 14.2. The Labute approximate surface area is 165 Å². The lowest BCUT2D eigenvalue weighted by Gasteiger charge is -2.36. The van der Waals surface area contributed by atoms with E-state index in [0.29, 0.717) is 18.7 Å². The third-order valence-electron chi connectivity index (χ3n) is 4.80. The molecule has 2 aromatic carbocycles. The van der Waals surface area contributed by atoms with E-state index in [9.17, 15) is 9.18 Å². The van der Waals surface area contributed by atoms with Gasteiger partial charge in [-0.1, -0.05) is 12.1 Å². The summed E-state index contributed by atoms with van der Waals surface area (Å²) in [6.07, 6.45) is 0.950. The van der Waals surface area contributed by atoms with Crippen molar-refractivity contribution in [1.82, 2.24) is 10.2 Å². The highest BCUT2D eigenvalue weighted by Gasteiger charge is 2.29. The van der Waals surface area contributed by atoms with Gasteiger partial charge in [0, 0.05) is 37.4 Å². The van der Waals surface area contributed by atoms with Crippen molar-refractivity contribution in [1.29, 1.82) is 0 Å². The van der Waals surface area contributed by atoms with Crippen molar-refractivity contribution >= 4 is 36.4 Å². The predicted molar refractivity (Wildman–Crippen MR) is 106 cm³/mol. The van der Waals surface area contributed by atoms with Crippen molar-refractivity contribution in [3.63, 3.8) is 0 Å². The van der Waals surface area contributed by atoms with Crippen molar-refractivity contribution in [2.75, 3.05) is 31.5 Å². The fourth-order valence-corrected chi connectivity index (χ4v) is 3.56. The van der Waals surface area contributed by atoms with E-state index in [2.05, 4.69) is 10.6 Å². The van der Waals surface area contributed by atoms with Crippen LogP contribution in [0.15, 0.2) is 42.5 Å². The molecule has 0 radical (unpaired) electrons. The van der Waals surface area contributed by atoms with E-state index in [1.165, 1.54) is 17.7 Å². The van der Waals surface area contributed by atoms with Gasteiger partial charge in [0.05, 0.1) is 6.04 Å². The van der Waals surface area contributed by atoms with Gasteiger partial charge in [-0.3, -0.25) is 4.79 Å². The molecule has 0 aromatic heterocycles. The molecule has 1 atom stereocenters. The second-order valence-electron chi connectivity index (χ2n) is 6.32. The topological polar surface area (TPSA) is 44.4 Å². The minimum absolute atomic E-state index is 0. The Balaban J connectivity index is 0.00000121. The largest absolute Gasteiger partial charge is 0.384 e. The van der Waals surface area contributed by atoms with Crippen molar-refractivity contribution in [2.24, 2.45) is 0 Å². The van der Waals surface area contributed by atoms with Gasteiger partial charge >= 0.3 is 0 Å². The second-order valence-corrected chi connectivity index (χ2v) is 6.32. The molecule has 2 aromatic rings. The van der Waals surface area contributed by atoms with Crippen LogP contribution >= 0.6 is 24.8 Å². The summed E-state index contributed by atoms with van der Waals surface area (Å²) in [7, 11) is 0. The van der Waals surface area contributed by atoms with Crippen LogP contribution in [0.25, 0.3) is 0 Å². The summed E-state index contributed by atoms with van der Waals surface area (Å²) in [5.41, 5.74) is 3.85. The first-order valence-electron chi connectivity index (χ1n) is 8.36. The lowest BCUT2D eigenvalue weighted by atomic mass is 10.0. The molecule has 1 saturated heterocycles. The number of nitrogens with one attached hydrogen (secondary N) is 2. The first-order valence-corrected chi connectivity index (χ1v) is 8.36. The molecular formula is C19H22Cl2FN3O. The Kier molecular flexibility index (Phi) is 6.87. The summed E-state index contributed by atoms with van der Waals surface area (Å²) in [5.74, 6) is -0.255. The Morgan fingerprint density at radius 3 is 2.77 bits per heavy atom. The molecule has 4 rings (SSSR count). The Morgan fingerprint density at radius 2 is 1.96 bits per heavy atom. The number of halogens is 3. The number of fused-ring (bicyclic) bond motifs is 1. The van der Waals surface area contributed by atoms with Crippen LogP contribution in [0.3, 0.4) is 0 Å². The maximum Gasteiger partial charge on any atom is 0.254 e. The average molecular weight is 398 g/mol. The number of anilines is 1. The highest BCUT2D eigenvalue weighted by Crippen LogP contribution is 2.27. The minimum Gasteiger partial charge on any atom is -0.384 e. The smallest absolute Gasteiger partial charge is 0.254 e. The number of amides is 1. The fraction of sp³-hybridized carbons (Fsp3) is 0.316. The van der Waals surface area contributed by atoms with Crippen molar-refractivity contribution in [2.45, 2.75) is 12.5 Å². The van der Waals surface area contributed by atoms with Gasteiger partial charge in [0.15, 0.2) is 0 Å². The molecular weight excluding hydrogens is 376 g/mol. The van der Waals surface area contributed by atoms with Gasteiger partial charge in [-0.05, 0) is 47.9 Å². The lowest BCUT2D eigenvalue weighted by Crippen LogP contribution is -2.48. The van der Waals surface area contributed by atoms with Crippen LogP contribution in [0.4, 0.5) is 10.1 Å². The molecule has 1 amide bonds. The van der Waals surface area contributed by atoms with Crippen LogP contribution in [-0.2, 0) is 6.42 Å². The number of benzene rings is 2. The molecule has 0 saturated carbocycles. The minimum atomic E-state index is -0.269. The summed E-state index contributed by atoms with van der Waals surface area (Å²) in [6, 6.07) is 12.2. The first-order chi connectivity index (χ1) is 11.7. The molecule has 0 bridgehead atoms. The van der Waals surface area contributed by atoms with Gasteiger partial charge in [0.2, 0.25) is 0 Å². The van der Waals surface area contributed by atoms with Crippen LogP contribution in [0, 0.1) is 5.82 Å². The van der Waals surface area contributed by atoms with E-state index < -0.39 is 0 Å². The Hall–Kier alpha value is -1.82. The van der Waals surface area contributed by atoms with Gasteiger partial charge < -0.3 is 15.5 Å². The van der Waals surface area contributed by atoms with Crippen LogP contribution in [0.5, 0.6) is 0 Å². The molecule has 7 heteroatoms. The number of carbonyl (C=O) groups is 1. The molecule has 2 aliphatic rings. The van der Waals surface area contributed by atoms with Gasteiger partial charge in [-0.25, -0.2) is 4.39 Å². The Morgan fingerprint density at radius 1 is 1.12 bits per heavy atom. The van der Waals surface area contributed by atoms with Crippen molar-refractivity contribution in [3.05, 3.63) is 65.0 Å². The first kappa shape index (κ1) is 20.5. The molecule has 2 aliphatic heterocycles. The third kappa shape index (κ3) is 3.95. The fourth-order valence-electron chi connectivity index (χ4n) is 3.56. The summed E-state index contributed by atoms with van der Waals surface area (Å²) in [6.45, 7) is 2.94. The predicted octanol–water partition coefficient (Wildman–Crippen LogP) is 3.42. The number of nitrogens with zero attached hydrogens (tertiary/aromatic N) is 1. The van der Waals surface area contributed by atoms with Gasteiger partial charge in [0.1, 0.15) is 5.82 Å². The van der Waals surface area contributed by atoms with E-state index in [-0.39, 0.29) is 42.6 Å². The van der Waals surface area contributed by atoms with Crippen LogP contribution in [0.1, 0.15) is 27.5 Å². The SMILES string of the molecule is Cl.Cl.O=C(c1ccc2c(c1)CCN2)N1CCNCC1c1cccc(F)c1. The summed E-state index contributed by atoms with van der Waals surface area (Å²) >= 11 is 0. The number of piperazine rings is 1. The maximum atomic E-state index is 13.6. The van der Waals surface area contributed by atoms with Crippen LogP contribution < -0.4 is 10.6 Å². The summed E-state index contributed by atoms with van der Waals surface area (Å²) in [5, 5.41) is 6.61. The normalized spacial score (nSPS) is 18.2. The van der Waals surface area contributed by atoms with E-state index >= 15 is 0 Å². The zero-order valence-corrected chi connectivity index (χ0v) is 15.8. The summed E-state index contributed by atoms with van der Waals surface area (Å²) < 4.78 is 13.6. The van der Waals surface area contributed by atoms with Gasteiger partial charge in [0.25, 0.3) is 5.91 Å². The molecule has 4 nitrogen and oxygen atoms in total. The Bertz CT molecular complexity index is 787. The van der Waals surface area contributed by atoms with Crippen LogP contribution in [-0.4, -0.2) is 37.0 Å². The zero-order chi connectivity index (χ0) is 16.5. The number of carbonyl (C=O) groups excluding carboxylic acids is 1. The average Bonchev–Trinajstić information content (AvgIpc) is 3.09. The molecule has 1 unspecified atom stereocenters. The van der Waals surface area contributed by atoms with E-state index in [1.807, 2.05) is 29.2 Å². The highest BCUT2D eigenvalue weighted by atomic mass is 35.5. The third-order valence-corrected chi connectivity index (χ3v) is 4.80. The lowest BCUT2D eigenvalue weighted by molar-refractivity contribution is 0.0634. The molecule has 26 heavy (non-hydrogen) atoms. The molecule has 140 valence electrons. The van der Waals surface area contributed by atoms with E-state index in [1.54, 1.807) is 6.07 Å². The van der Waals surface area contributed by atoms with Crippen molar-refractivity contribution < 1.29 is 9.18 Å². The molecule has 1 fully saturated rings. The van der Waals surface area contributed by atoms with E-state index in [0.717, 1.165) is 30.8 Å². The number of rotatable bonds is 2. The quantitative estimate of drug-likeness (QED) is 0.815. The number of hydrogen-bond donors (Lipinski definition) is 2. The monoisotopic (exact) mass is 397 g/mol. The molecule has 0 spiro atoms. The molecule has 2 N–H and O–H groups in total. The second kappa shape index (κ2) is 8.71. The summed E-state index contributed by atoms with van der Waals surface area (Å²) in [4.78, 5) is 14.9. The molecule has 0 aliphatic carbocycles. The van der Waals surface area contributed by atoms with Crippen molar-refractivity contribution in [3.8, 4) is 0 Å². The maximum absolute atomic E-state index is 13.6. The van der Waals surface area contributed by atoms with Gasteiger partial charge in [-0.15, -0.1) is 24.8 Å². The van der Waals surface area contributed by atoms with E-state index in [4.69, 9.17) is 0 Å². The van der Waals surface area contributed by atoms with Crippen LogP contribution in [0.2, 0.25) is 0 Å².